The van der Waals surface area contributed by atoms with Gasteiger partial charge in [-0.05, 0) is 37.1 Å². The number of hydrogen-bond donors (Lipinski definition) is 1. The van der Waals surface area contributed by atoms with E-state index < -0.39 is 5.97 Å². The lowest BCUT2D eigenvalue weighted by Gasteiger charge is -1.99. The van der Waals surface area contributed by atoms with Gasteiger partial charge in [0.15, 0.2) is 4.34 Å². The fourth-order valence-corrected chi connectivity index (χ4v) is 3.18. The van der Waals surface area contributed by atoms with Crippen molar-refractivity contribution in [2.75, 3.05) is 0 Å². The molecule has 0 saturated carbocycles. The number of rotatable bonds is 3. The molecule has 0 aliphatic heterocycles. The van der Waals surface area contributed by atoms with Crippen LogP contribution in [-0.2, 0) is 7.05 Å². The van der Waals surface area contributed by atoms with Gasteiger partial charge in [0.05, 0.1) is 5.69 Å². The Balaban J connectivity index is 2.41. The molecule has 2 rings (SSSR count). The first-order valence-electron chi connectivity index (χ1n) is 4.74. The summed E-state index contributed by atoms with van der Waals surface area (Å²) in [7, 11) is 1.72. The quantitative estimate of drug-likeness (QED) is 0.915. The first kappa shape index (κ1) is 12.1. The van der Waals surface area contributed by atoms with Crippen molar-refractivity contribution in [3.05, 3.63) is 17.1 Å². The Kier molecular flexibility index (Phi) is 3.16. The van der Waals surface area contributed by atoms with Crippen molar-refractivity contribution in [2.45, 2.75) is 23.2 Å². The van der Waals surface area contributed by atoms with Crippen molar-refractivity contribution < 1.29 is 9.90 Å². The van der Waals surface area contributed by atoms with Gasteiger partial charge in [-0.1, -0.05) is 0 Å². The van der Waals surface area contributed by atoms with E-state index in [1.807, 2.05) is 0 Å². The van der Waals surface area contributed by atoms with Gasteiger partial charge in [-0.2, -0.15) is 9.47 Å². The molecular formula is C9H10N4O2S2. The Morgan fingerprint density at radius 1 is 1.47 bits per heavy atom. The minimum absolute atomic E-state index is 0.227. The molecule has 2 aromatic heterocycles. The predicted octanol–water partition coefficient (Wildman–Crippen LogP) is 1.74. The number of aromatic nitrogens is 4. The molecule has 0 atom stereocenters. The standard InChI is InChI=1S/C9H10N4O2S2/c1-4-6(8(14)15)7(13(3)11-4)16-9-10-5(2)12-17-9/h1-3H3,(H,14,15). The number of aromatic carboxylic acids is 1. The minimum Gasteiger partial charge on any atom is -0.478 e. The Morgan fingerprint density at radius 3 is 2.71 bits per heavy atom. The summed E-state index contributed by atoms with van der Waals surface area (Å²) in [6.45, 7) is 3.48. The third-order valence-electron chi connectivity index (χ3n) is 2.08. The molecule has 0 aliphatic carbocycles. The van der Waals surface area contributed by atoms with Crippen LogP contribution in [0.25, 0.3) is 0 Å². The number of hydrogen-bond acceptors (Lipinski definition) is 6. The highest BCUT2D eigenvalue weighted by Crippen LogP contribution is 2.32. The second kappa shape index (κ2) is 4.46. The zero-order valence-electron chi connectivity index (χ0n) is 9.46. The summed E-state index contributed by atoms with van der Waals surface area (Å²) in [4.78, 5) is 15.3. The maximum atomic E-state index is 11.2. The molecule has 8 heteroatoms. The van der Waals surface area contributed by atoms with Gasteiger partial charge in [0.1, 0.15) is 16.4 Å². The van der Waals surface area contributed by atoms with Crippen molar-refractivity contribution in [1.29, 1.82) is 0 Å². The van der Waals surface area contributed by atoms with E-state index in [0.29, 0.717) is 20.9 Å². The zero-order valence-corrected chi connectivity index (χ0v) is 11.1. The van der Waals surface area contributed by atoms with Crippen LogP contribution < -0.4 is 0 Å². The molecule has 0 aliphatic rings. The van der Waals surface area contributed by atoms with Gasteiger partial charge in [-0.25, -0.2) is 9.78 Å². The second-order valence-electron chi connectivity index (χ2n) is 3.40. The van der Waals surface area contributed by atoms with Gasteiger partial charge in [0.2, 0.25) is 0 Å². The smallest absolute Gasteiger partial charge is 0.340 e. The lowest BCUT2D eigenvalue weighted by molar-refractivity contribution is 0.0692. The van der Waals surface area contributed by atoms with Crippen LogP contribution in [0.4, 0.5) is 0 Å². The predicted molar refractivity (Wildman–Crippen MR) is 63.7 cm³/mol. The van der Waals surface area contributed by atoms with Crippen LogP contribution >= 0.6 is 23.3 Å². The van der Waals surface area contributed by atoms with E-state index in [-0.39, 0.29) is 5.56 Å². The van der Waals surface area contributed by atoms with Crippen LogP contribution in [0.1, 0.15) is 21.9 Å². The Morgan fingerprint density at radius 2 is 2.18 bits per heavy atom. The maximum absolute atomic E-state index is 11.2. The molecule has 0 fully saturated rings. The number of nitrogens with zero attached hydrogens (tertiary/aromatic N) is 4. The number of carbonyl (C=O) groups is 1. The maximum Gasteiger partial charge on any atom is 0.340 e. The van der Waals surface area contributed by atoms with Gasteiger partial charge in [-0.3, -0.25) is 4.68 Å². The topological polar surface area (TPSA) is 80.9 Å². The first-order chi connectivity index (χ1) is 7.99. The van der Waals surface area contributed by atoms with Gasteiger partial charge < -0.3 is 5.11 Å². The number of carboxylic acid groups (broad SMARTS) is 1. The first-order valence-corrected chi connectivity index (χ1v) is 6.33. The fraction of sp³-hybridized carbons (Fsp3) is 0.333. The molecule has 2 heterocycles. The molecular weight excluding hydrogens is 260 g/mol. The van der Waals surface area contributed by atoms with Crippen LogP contribution in [0.3, 0.4) is 0 Å². The fourth-order valence-electron chi connectivity index (χ4n) is 1.40. The van der Waals surface area contributed by atoms with Crippen molar-refractivity contribution in [3.63, 3.8) is 0 Å². The second-order valence-corrected chi connectivity index (χ2v) is 5.39. The average molecular weight is 270 g/mol. The molecule has 2 aromatic rings. The number of carboxylic acids is 1. The van der Waals surface area contributed by atoms with Crippen molar-refractivity contribution in [1.82, 2.24) is 19.1 Å². The normalized spacial score (nSPS) is 10.8. The summed E-state index contributed by atoms with van der Waals surface area (Å²) in [6.07, 6.45) is 0. The Hall–Kier alpha value is -1.41. The molecule has 17 heavy (non-hydrogen) atoms. The minimum atomic E-state index is -0.973. The van der Waals surface area contributed by atoms with Crippen molar-refractivity contribution in [2.24, 2.45) is 7.05 Å². The third-order valence-corrected chi connectivity index (χ3v) is 4.08. The SMILES string of the molecule is Cc1nsc(Sc2c(C(=O)O)c(C)nn2C)n1. The summed E-state index contributed by atoms with van der Waals surface area (Å²) in [5, 5.41) is 13.8. The van der Waals surface area contributed by atoms with Crippen LogP contribution in [0, 0.1) is 13.8 Å². The monoisotopic (exact) mass is 270 g/mol. The van der Waals surface area contributed by atoms with Crippen LogP contribution in [-0.4, -0.2) is 30.2 Å². The highest BCUT2D eigenvalue weighted by Gasteiger charge is 2.21. The summed E-state index contributed by atoms with van der Waals surface area (Å²) in [5.41, 5.74) is 0.731. The molecule has 0 amide bonds. The summed E-state index contributed by atoms with van der Waals surface area (Å²) < 4.78 is 6.33. The van der Waals surface area contributed by atoms with E-state index in [0.717, 1.165) is 0 Å². The van der Waals surface area contributed by atoms with Crippen LogP contribution in [0.2, 0.25) is 0 Å². The Labute approximate surface area is 106 Å². The molecule has 0 bridgehead atoms. The van der Waals surface area contributed by atoms with Gasteiger partial charge >= 0.3 is 5.97 Å². The summed E-state index contributed by atoms with van der Waals surface area (Å²) >= 11 is 2.53. The van der Waals surface area contributed by atoms with Gasteiger partial charge in [0.25, 0.3) is 0 Å². The van der Waals surface area contributed by atoms with E-state index in [9.17, 15) is 4.79 Å². The molecule has 1 N–H and O–H groups in total. The third kappa shape index (κ3) is 2.32. The van der Waals surface area contributed by atoms with E-state index in [1.165, 1.54) is 23.3 Å². The summed E-state index contributed by atoms with van der Waals surface area (Å²) in [5.74, 6) is -0.285. The van der Waals surface area contributed by atoms with Crippen LogP contribution in [0.15, 0.2) is 9.37 Å². The van der Waals surface area contributed by atoms with Gasteiger partial charge in [0, 0.05) is 7.05 Å². The molecule has 90 valence electrons. The average Bonchev–Trinajstić information content (AvgIpc) is 2.72. The zero-order chi connectivity index (χ0) is 12.6. The van der Waals surface area contributed by atoms with E-state index in [2.05, 4.69) is 14.5 Å². The Bertz CT molecular complexity index is 576. The van der Waals surface area contributed by atoms with E-state index in [1.54, 1.807) is 25.6 Å². The van der Waals surface area contributed by atoms with E-state index >= 15 is 0 Å². The molecule has 0 spiro atoms. The highest BCUT2D eigenvalue weighted by molar-refractivity contribution is 8.01. The highest BCUT2D eigenvalue weighted by atomic mass is 32.2. The molecule has 0 saturated heterocycles. The van der Waals surface area contributed by atoms with Crippen LogP contribution in [0.5, 0.6) is 0 Å². The molecule has 6 nitrogen and oxygen atoms in total. The van der Waals surface area contributed by atoms with Crippen molar-refractivity contribution in [3.8, 4) is 0 Å². The van der Waals surface area contributed by atoms with E-state index in [4.69, 9.17) is 5.11 Å². The lowest BCUT2D eigenvalue weighted by atomic mass is 10.3. The van der Waals surface area contributed by atoms with Crippen molar-refractivity contribution >= 4 is 29.3 Å². The molecule has 0 unspecified atom stereocenters. The largest absolute Gasteiger partial charge is 0.478 e. The lowest BCUT2D eigenvalue weighted by Crippen LogP contribution is -2.00. The molecule has 0 aromatic carbocycles. The number of aryl methyl sites for hydroxylation is 3. The molecule has 0 radical (unpaired) electrons. The summed E-state index contributed by atoms with van der Waals surface area (Å²) in [6, 6.07) is 0. The van der Waals surface area contributed by atoms with Gasteiger partial charge in [-0.15, -0.1) is 0 Å².